The number of hydrogen-bond donors (Lipinski definition) is 0. The van der Waals surface area contributed by atoms with E-state index >= 15 is 0 Å². The van der Waals surface area contributed by atoms with Gasteiger partial charge in [-0.1, -0.05) is 36.8 Å². The van der Waals surface area contributed by atoms with Crippen molar-refractivity contribution in [3.63, 3.8) is 0 Å². The molecule has 7 nitrogen and oxygen atoms in total. The molecule has 0 aliphatic rings. The molecule has 0 spiro atoms. The zero-order valence-corrected chi connectivity index (χ0v) is 20.0. The lowest BCUT2D eigenvalue weighted by Gasteiger charge is -2.22. The van der Waals surface area contributed by atoms with E-state index in [1.807, 2.05) is 57.2 Å². The van der Waals surface area contributed by atoms with Crippen LogP contribution in [0.2, 0.25) is 0 Å². The third-order valence-electron chi connectivity index (χ3n) is 5.86. The lowest BCUT2D eigenvalue weighted by atomic mass is 9.94. The summed E-state index contributed by atoms with van der Waals surface area (Å²) >= 11 is 0. The number of rotatable bonds is 8. The molecule has 4 aromatic rings. The average molecular weight is 466 g/mol. The maximum atomic E-state index is 13.4. The van der Waals surface area contributed by atoms with Crippen molar-refractivity contribution in [2.75, 3.05) is 11.4 Å². The number of benzene rings is 2. The zero-order chi connectivity index (χ0) is 24.8. The minimum absolute atomic E-state index is 0.0265. The van der Waals surface area contributed by atoms with Crippen LogP contribution in [0.15, 0.2) is 79.6 Å². The number of amides is 1. The topological polar surface area (TPSA) is 88.9 Å². The summed E-state index contributed by atoms with van der Waals surface area (Å²) in [6.45, 7) is 6.30. The van der Waals surface area contributed by atoms with Crippen LogP contribution in [-0.2, 0) is 0 Å². The Hall–Kier alpha value is -4.26. The first-order valence-corrected chi connectivity index (χ1v) is 11.6. The smallest absolute Gasteiger partial charge is 0.278 e. The summed E-state index contributed by atoms with van der Waals surface area (Å²) in [6.07, 6.45) is 9.67. The summed E-state index contributed by atoms with van der Waals surface area (Å²) < 4.78 is 0. The molecule has 1 unspecified atom stereocenters. The number of nitrogens with zero attached hydrogens (tertiary/aromatic N) is 5. The number of Topliss-reactive ketones (excluding diaryl/α,β-unsaturated/α-hetero) is 1. The second kappa shape index (κ2) is 10.8. The molecular weight excluding hydrogens is 438 g/mol. The van der Waals surface area contributed by atoms with Gasteiger partial charge in [0.1, 0.15) is 5.69 Å². The molecule has 1 amide bonds. The van der Waals surface area contributed by atoms with Crippen LogP contribution in [0.1, 0.15) is 58.3 Å². The highest BCUT2D eigenvalue weighted by molar-refractivity contribution is 6.06. The van der Waals surface area contributed by atoms with Gasteiger partial charge in [-0.2, -0.15) is 0 Å². The van der Waals surface area contributed by atoms with Crippen molar-refractivity contribution >= 4 is 17.4 Å². The lowest BCUT2D eigenvalue weighted by Crippen LogP contribution is -2.31. The number of carbonyl (C=O) groups excluding carboxylic acids is 2. The van der Waals surface area contributed by atoms with Crippen LogP contribution in [0.4, 0.5) is 5.69 Å². The van der Waals surface area contributed by atoms with Crippen LogP contribution in [0, 0.1) is 6.92 Å². The van der Waals surface area contributed by atoms with Crippen molar-refractivity contribution in [3.8, 4) is 11.1 Å². The molecule has 0 bridgehead atoms. The summed E-state index contributed by atoms with van der Waals surface area (Å²) in [5, 5.41) is 0. The first kappa shape index (κ1) is 23.9. The first-order chi connectivity index (χ1) is 17.0. The van der Waals surface area contributed by atoms with Gasteiger partial charge in [0.25, 0.3) is 5.91 Å². The predicted octanol–water partition coefficient (Wildman–Crippen LogP) is 5.29. The molecule has 176 valence electrons. The molecule has 7 heteroatoms. The molecule has 0 radical (unpaired) electrons. The average Bonchev–Trinajstić information content (AvgIpc) is 2.90. The Bertz CT molecular complexity index is 1310. The second-order valence-electron chi connectivity index (χ2n) is 8.43. The largest absolute Gasteiger partial charge is 0.307 e. The quantitative estimate of drug-likeness (QED) is 0.329. The molecule has 2 aromatic heterocycles. The first-order valence-electron chi connectivity index (χ1n) is 11.6. The standard InChI is InChI=1S/C28H27N5O2/c1-4-33(28(35)26-18-30-10-12-32-26)24-15-22(21-7-5-19(2)6-8-21)14-23(16-24)27(34)13-20(3)25-17-29-9-11-31-25/h5-12,14-18,20H,4,13H2,1-3H3. The van der Waals surface area contributed by atoms with E-state index in [9.17, 15) is 9.59 Å². The van der Waals surface area contributed by atoms with Gasteiger partial charge in [-0.25, -0.2) is 4.98 Å². The lowest BCUT2D eigenvalue weighted by molar-refractivity contribution is 0.0967. The van der Waals surface area contributed by atoms with Crippen molar-refractivity contribution in [1.82, 2.24) is 19.9 Å². The number of carbonyl (C=O) groups is 2. The van der Waals surface area contributed by atoms with Gasteiger partial charge in [-0.05, 0) is 43.2 Å². The van der Waals surface area contributed by atoms with E-state index in [0.29, 0.717) is 17.8 Å². The van der Waals surface area contributed by atoms with Gasteiger partial charge in [0, 0.05) is 61.1 Å². The van der Waals surface area contributed by atoms with E-state index in [-0.39, 0.29) is 29.7 Å². The van der Waals surface area contributed by atoms with E-state index in [1.165, 1.54) is 18.6 Å². The maximum Gasteiger partial charge on any atom is 0.278 e. The van der Waals surface area contributed by atoms with Crippen molar-refractivity contribution in [2.24, 2.45) is 0 Å². The highest BCUT2D eigenvalue weighted by Gasteiger charge is 2.21. The fourth-order valence-corrected chi connectivity index (χ4v) is 3.90. The van der Waals surface area contributed by atoms with Crippen LogP contribution in [-0.4, -0.2) is 38.2 Å². The van der Waals surface area contributed by atoms with Gasteiger partial charge in [-0.15, -0.1) is 0 Å². The molecule has 0 aliphatic heterocycles. The molecule has 2 aromatic carbocycles. The molecule has 0 saturated carbocycles. The molecule has 0 saturated heterocycles. The fraction of sp³-hybridized carbons (Fsp3) is 0.214. The minimum atomic E-state index is -0.270. The van der Waals surface area contributed by atoms with Crippen LogP contribution in [0.25, 0.3) is 11.1 Å². The van der Waals surface area contributed by atoms with Gasteiger partial charge in [0.05, 0.1) is 11.9 Å². The molecular formula is C28H27N5O2. The molecule has 4 rings (SSSR count). The Labute approximate surface area is 204 Å². The summed E-state index contributed by atoms with van der Waals surface area (Å²) in [6, 6.07) is 13.7. The summed E-state index contributed by atoms with van der Waals surface area (Å²) in [7, 11) is 0. The van der Waals surface area contributed by atoms with E-state index in [4.69, 9.17) is 0 Å². The Balaban J connectivity index is 1.73. The Morgan fingerprint density at radius 3 is 2.23 bits per heavy atom. The number of hydrogen-bond acceptors (Lipinski definition) is 6. The Kier molecular flexibility index (Phi) is 7.35. The fourth-order valence-electron chi connectivity index (χ4n) is 3.90. The van der Waals surface area contributed by atoms with Crippen molar-refractivity contribution in [1.29, 1.82) is 0 Å². The minimum Gasteiger partial charge on any atom is -0.307 e. The van der Waals surface area contributed by atoms with Crippen molar-refractivity contribution in [2.45, 2.75) is 33.1 Å². The Morgan fingerprint density at radius 2 is 1.60 bits per heavy atom. The third kappa shape index (κ3) is 5.63. The van der Waals surface area contributed by atoms with Crippen LogP contribution in [0.5, 0.6) is 0 Å². The van der Waals surface area contributed by atoms with Gasteiger partial charge in [0.2, 0.25) is 0 Å². The van der Waals surface area contributed by atoms with Crippen LogP contribution in [0.3, 0.4) is 0 Å². The van der Waals surface area contributed by atoms with E-state index < -0.39 is 0 Å². The molecule has 0 fully saturated rings. The van der Waals surface area contributed by atoms with Crippen LogP contribution < -0.4 is 4.90 Å². The van der Waals surface area contributed by atoms with E-state index in [2.05, 4.69) is 19.9 Å². The third-order valence-corrected chi connectivity index (χ3v) is 5.86. The van der Waals surface area contributed by atoms with Gasteiger partial charge >= 0.3 is 0 Å². The molecule has 35 heavy (non-hydrogen) atoms. The maximum absolute atomic E-state index is 13.4. The second-order valence-corrected chi connectivity index (χ2v) is 8.43. The number of ketones is 1. The number of anilines is 1. The molecule has 2 heterocycles. The SMILES string of the molecule is CCN(C(=O)c1cnccn1)c1cc(C(=O)CC(C)c2cnccn2)cc(-c2ccc(C)cc2)c1. The highest BCUT2D eigenvalue weighted by Crippen LogP contribution is 2.30. The van der Waals surface area contributed by atoms with Gasteiger partial charge in [0.15, 0.2) is 5.78 Å². The zero-order valence-electron chi connectivity index (χ0n) is 20.0. The molecule has 0 aliphatic carbocycles. The monoisotopic (exact) mass is 465 g/mol. The summed E-state index contributed by atoms with van der Waals surface area (Å²) in [4.78, 5) is 44.9. The normalized spacial score (nSPS) is 11.6. The predicted molar refractivity (Wildman–Crippen MR) is 135 cm³/mol. The number of aromatic nitrogens is 4. The van der Waals surface area contributed by atoms with Crippen molar-refractivity contribution in [3.05, 3.63) is 102 Å². The van der Waals surface area contributed by atoms with Crippen molar-refractivity contribution < 1.29 is 9.59 Å². The van der Waals surface area contributed by atoms with E-state index in [0.717, 1.165) is 22.4 Å². The Morgan fingerprint density at radius 1 is 0.886 bits per heavy atom. The van der Waals surface area contributed by atoms with Crippen LogP contribution >= 0.6 is 0 Å². The van der Waals surface area contributed by atoms with Gasteiger partial charge in [-0.3, -0.25) is 24.5 Å². The highest BCUT2D eigenvalue weighted by atomic mass is 16.2. The molecule has 0 N–H and O–H groups in total. The van der Waals surface area contributed by atoms with Gasteiger partial charge < -0.3 is 4.90 Å². The molecule has 1 atom stereocenters. The van der Waals surface area contributed by atoms with E-state index in [1.54, 1.807) is 29.6 Å². The summed E-state index contributed by atoms with van der Waals surface area (Å²) in [5.74, 6) is -0.388. The number of aryl methyl sites for hydroxylation is 1. The summed E-state index contributed by atoms with van der Waals surface area (Å²) in [5.41, 5.74) is 5.17.